The Kier molecular flexibility index (Phi) is 58.1. The van der Waals surface area contributed by atoms with Crippen LogP contribution in [-0.4, -0.2) is 241 Å². The summed E-state index contributed by atoms with van der Waals surface area (Å²) < 4.78 is 0. The van der Waals surface area contributed by atoms with E-state index in [2.05, 4.69) is 87.0 Å². The van der Waals surface area contributed by atoms with Gasteiger partial charge in [0.25, 0.3) is 0 Å². The van der Waals surface area contributed by atoms with Gasteiger partial charge >= 0.3 is 11.9 Å². The average molecular weight is 2060 g/mol. The van der Waals surface area contributed by atoms with Gasteiger partial charge in [0.1, 0.15) is 35.7 Å². The predicted molar refractivity (Wildman–Crippen MR) is 551 cm³/mol. The Labute approximate surface area is 860 Å². The second-order valence-electron chi connectivity index (χ2n) is 36.7. The molecule has 0 bridgehead atoms. The molecule has 7 rings (SSSR count). The van der Waals surface area contributed by atoms with E-state index in [4.69, 9.17) is 53.0 Å². The zero-order chi connectivity index (χ0) is 110. The molecular formula is C105H145N19O24. The first-order chi connectivity index (χ1) is 70.5. The monoisotopic (exact) mass is 2060 g/mol. The molecule has 43 heteroatoms. The smallest absolute Gasteiger partial charge is 0.305 e. The number of aliphatic hydroxyl groups excluding tert-OH is 2. The van der Waals surface area contributed by atoms with E-state index in [-0.39, 0.29) is 163 Å². The lowest BCUT2D eigenvalue weighted by Crippen LogP contribution is -2.58. The van der Waals surface area contributed by atoms with Gasteiger partial charge in [-0.2, -0.15) is 0 Å². The first-order valence-electron chi connectivity index (χ1n) is 49.3. The molecule has 1 aromatic heterocycles. The van der Waals surface area contributed by atoms with Gasteiger partial charge in [0.05, 0.1) is 62.7 Å². The molecule has 43 nitrogen and oxygen atoms in total. The number of guanidine groups is 2. The number of carboxylic acids is 2. The molecule has 148 heavy (non-hydrogen) atoms. The number of aliphatic hydroxyl groups is 2. The quantitative estimate of drug-likeness (QED) is 0.0113. The highest BCUT2D eigenvalue weighted by atomic mass is 16.4. The summed E-state index contributed by atoms with van der Waals surface area (Å²) in [5.74, 6) is -11.4. The number of fused-ring (bicyclic) bond motifs is 1. The van der Waals surface area contributed by atoms with Gasteiger partial charge in [0.15, 0.2) is 40.8 Å². The number of amides is 11. The number of carbonyl (C=O) groups is 18. The Bertz CT molecular complexity index is 5400. The normalized spacial score (nSPS) is 16.4. The Balaban J connectivity index is 0.000000627. The van der Waals surface area contributed by atoms with Crippen molar-refractivity contribution in [2.75, 3.05) is 39.4 Å². The van der Waals surface area contributed by atoms with E-state index >= 15 is 0 Å². The second-order valence-corrected chi connectivity index (χ2v) is 36.7. The molecule has 1 aliphatic heterocycles. The minimum Gasteiger partial charge on any atom is -0.508 e. The molecule has 1 saturated heterocycles. The fourth-order valence-corrected chi connectivity index (χ4v) is 16.4. The SMILES string of the molecule is C#CCCC(=O)NCCCC[C@H]1NC(=O)[C@H](Cc2ccc(O)cc2)NC(=O)[C@@H](CC(=O)O)NC(=O)CCC(=O)[C@@H](CCCN=C(N)N)NC1=O.C#CCCC(N)=O.C#CCN.CC(C)C[C@H](CC(=O)[C@H](Cc1ccc(O)cc1)NC(=O)[C@@H](CCCN=C(N)N)CC(=O)[C@@H](CO)NC(=O)[C@@H](CC(=O)[C@H](CC1CCCCC1)NC(=O)CCC(=O)O)Cc1ccccc1)C(=O)N[C@@H](Cc1c[nH]c2ccccc12)C(=O)C[C@@H](CO)C(N)=O. The molecular weight excluding hydrogens is 1910 g/mol. The Hall–Kier alpha value is -15.4. The number of benzene rings is 4. The lowest BCUT2D eigenvalue weighted by atomic mass is 9.82. The Morgan fingerprint density at radius 1 is 0.486 bits per heavy atom. The molecule has 0 spiro atoms. The van der Waals surface area contributed by atoms with Crippen LogP contribution in [0.3, 0.4) is 0 Å². The molecule has 30 N–H and O–H groups in total. The molecule has 0 radical (unpaired) electrons. The summed E-state index contributed by atoms with van der Waals surface area (Å²) in [6, 6.07) is 17.4. The first-order valence-corrected chi connectivity index (χ1v) is 49.3. The van der Waals surface area contributed by atoms with E-state index in [9.17, 15) is 117 Å². The minimum atomic E-state index is -1.59. The number of nitrogens with one attached hydrogen (secondary N) is 10. The molecule has 2 heterocycles. The molecule has 804 valence electrons. The number of nitrogens with two attached hydrogens (primary N) is 7. The van der Waals surface area contributed by atoms with E-state index < -0.39 is 218 Å². The standard InChI is InChI=1S/C64H87N9O14.C33H46N8O9.C5H7NO.C3H5N/c1-38(2)26-43(62(86)72-52(56(79)34-46(36-74)60(65)84)30-45-35-69-49-18-10-9-17-48(45)49)32-55(78)51(29-41-19-21-47(76)22-20-41)71-61(85)42(16-11-25-68-64(66)67)31-57(80)53(37-75)73-63(87)44(27-39-12-5-3-6-13-39)33-54(77)50(28-40-14-7-4-8-15-40)70-58(81)23-24-59(82)83;1-2-3-9-27(44)36-16-5-4-7-23-30(48)39-22(8-6-17-37-33(34)35)26(43)14-15-28(45)38-25(19-29(46)47)32(50)41-24(31(49)40-23)18-20-10-12-21(42)13-11-20;1-2-3-4-5(6)7;1-2-3-4/h3,5-6,9-10,12-13,17-22,35,38,40,42-44,46,50-53,69,74-76H,4,7-8,11,14-16,23-34,36-37H2,1-2H3,(H2,65,84)(H,70,81)(H,71,85)(H,72,86)(H,73,87)(H,82,83)(H4,66,67,68);1,10-13,22-25,42H,3-9,14-19H2,(H,36,44)(H,38,45)(H,39,48)(H,40,49)(H,41,50)(H,46,47)(H4,34,35,37);1H,3-4H2,(H2,6,7);1H,3-4H2/t42-,43+,44+,46-,50-,51-,52-,53+;22-,23-,24+,25-;;/m01../s1. The molecule has 12 atom stereocenters. The second kappa shape index (κ2) is 68.8. The van der Waals surface area contributed by atoms with Crippen LogP contribution >= 0.6 is 0 Å². The number of phenolic OH excluding ortho intramolecular Hbond substituents is 2. The number of aliphatic carboxylic acids is 2. The third kappa shape index (κ3) is 49.9. The van der Waals surface area contributed by atoms with Crippen LogP contribution in [0.5, 0.6) is 11.5 Å². The van der Waals surface area contributed by atoms with E-state index in [1.807, 2.05) is 38.1 Å². The van der Waals surface area contributed by atoms with Crippen LogP contribution in [0.25, 0.3) is 10.9 Å². The number of aromatic amines is 1. The summed E-state index contributed by atoms with van der Waals surface area (Å²) in [4.78, 5) is 249. The fourth-order valence-electron chi connectivity index (χ4n) is 16.4. The van der Waals surface area contributed by atoms with Crippen LogP contribution in [0.2, 0.25) is 0 Å². The number of Topliss-reactive ketones (excluding diaryl/α,β-unsaturated/α-hetero) is 5. The number of para-hydroxylation sites is 1. The van der Waals surface area contributed by atoms with Crippen molar-refractivity contribution in [3.63, 3.8) is 0 Å². The summed E-state index contributed by atoms with van der Waals surface area (Å²) in [5.41, 5.74) is 40.1. The number of unbranched alkanes of at least 4 members (excludes halogenated alkanes) is 1. The fraction of sp³-hybridized carbons (Fsp3) is 0.505. The highest BCUT2D eigenvalue weighted by Crippen LogP contribution is 2.31. The van der Waals surface area contributed by atoms with Gasteiger partial charge in [-0.05, 0) is 135 Å². The number of aliphatic imine (C=N–C) groups is 2. The van der Waals surface area contributed by atoms with Gasteiger partial charge in [-0.25, -0.2) is 0 Å². The van der Waals surface area contributed by atoms with Crippen LogP contribution in [0, 0.1) is 72.5 Å². The largest absolute Gasteiger partial charge is 0.508 e. The number of terminal acetylenes is 3. The van der Waals surface area contributed by atoms with Crippen molar-refractivity contribution in [1.29, 1.82) is 0 Å². The van der Waals surface area contributed by atoms with Crippen molar-refractivity contribution < 1.29 is 117 Å². The summed E-state index contributed by atoms with van der Waals surface area (Å²) in [6.45, 7) is 2.88. The molecule has 5 aromatic rings. The highest BCUT2D eigenvalue weighted by Gasteiger charge is 2.39. The third-order valence-electron chi connectivity index (χ3n) is 24.3. The maximum absolute atomic E-state index is 14.8. The number of primary amides is 2. The van der Waals surface area contributed by atoms with Gasteiger partial charge < -0.3 is 124 Å². The van der Waals surface area contributed by atoms with Crippen molar-refractivity contribution in [2.24, 2.45) is 85.6 Å². The van der Waals surface area contributed by atoms with Gasteiger partial charge in [-0.3, -0.25) is 96.3 Å². The van der Waals surface area contributed by atoms with E-state index in [1.54, 1.807) is 48.7 Å². The van der Waals surface area contributed by atoms with Gasteiger partial charge in [0, 0.05) is 138 Å². The number of H-pyrrole nitrogens is 1. The average Bonchev–Trinajstić information content (AvgIpc) is 1.66. The summed E-state index contributed by atoms with van der Waals surface area (Å²) in [6.07, 6.45) is 19.4. The van der Waals surface area contributed by atoms with Crippen molar-refractivity contribution in [3.05, 3.63) is 132 Å². The number of ketones is 5. The predicted octanol–water partition coefficient (Wildman–Crippen LogP) is 1.48. The van der Waals surface area contributed by atoms with E-state index in [0.717, 1.165) is 43.0 Å². The third-order valence-corrected chi connectivity index (χ3v) is 24.3. The number of carbonyl (C=O) groups excluding carboxylic acids is 16. The minimum absolute atomic E-state index is 0.0194. The first kappa shape index (κ1) is 125. The van der Waals surface area contributed by atoms with Crippen molar-refractivity contribution in [1.82, 2.24) is 52.8 Å². The molecule has 11 amide bonds. The zero-order valence-electron chi connectivity index (χ0n) is 83.8. The maximum Gasteiger partial charge on any atom is 0.305 e. The number of phenols is 2. The molecule has 0 unspecified atom stereocenters. The van der Waals surface area contributed by atoms with Crippen LogP contribution in [0.4, 0.5) is 0 Å². The highest BCUT2D eigenvalue weighted by molar-refractivity contribution is 6.01. The number of aromatic hydroxyl groups is 2. The number of hydrogen-bond donors (Lipinski definition) is 23. The lowest BCUT2D eigenvalue weighted by molar-refractivity contribution is -0.141. The zero-order valence-corrected chi connectivity index (χ0v) is 83.8. The summed E-state index contributed by atoms with van der Waals surface area (Å²) in [7, 11) is 0. The van der Waals surface area contributed by atoms with Crippen molar-refractivity contribution in [2.45, 2.75) is 261 Å². The number of rotatable bonds is 56. The van der Waals surface area contributed by atoms with Crippen LogP contribution < -0.4 is 88.0 Å². The lowest BCUT2D eigenvalue weighted by Gasteiger charge is -2.28. The van der Waals surface area contributed by atoms with Gasteiger partial charge in [-0.1, -0.05) is 125 Å². The number of carboxylic acid groups (broad SMARTS) is 2. The molecule has 4 aromatic carbocycles. The molecule has 1 saturated carbocycles. The van der Waals surface area contributed by atoms with Crippen molar-refractivity contribution in [3.8, 4) is 48.5 Å². The van der Waals surface area contributed by atoms with E-state index in [1.165, 1.54) is 36.4 Å². The van der Waals surface area contributed by atoms with Crippen molar-refractivity contribution >= 4 is 129 Å². The Morgan fingerprint density at radius 2 is 1.00 bits per heavy atom. The molecule has 2 fully saturated rings. The van der Waals surface area contributed by atoms with Crippen LogP contribution in [0.15, 0.2) is 119 Å². The van der Waals surface area contributed by atoms with E-state index in [0.29, 0.717) is 60.9 Å². The van der Waals surface area contributed by atoms with Crippen LogP contribution in [0.1, 0.15) is 209 Å². The number of hydrogen-bond acceptors (Lipinski definition) is 25. The van der Waals surface area contributed by atoms with Crippen LogP contribution in [-0.2, 0) is 112 Å². The Morgan fingerprint density at radius 3 is 1.57 bits per heavy atom. The molecule has 1 aliphatic carbocycles. The van der Waals surface area contributed by atoms with Gasteiger partial charge in [-0.15, -0.1) is 31.1 Å². The van der Waals surface area contributed by atoms with Gasteiger partial charge in [0.2, 0.25) is 65.0 Å². The summed E-state index contributed by atoms with van der Waals surface area (Å²) >= 11 is 0. The summed E-state index contributed by atoms with van der Waals surface area (Å²) in [5, 5.41) is 83.8. The maximum atomic E-state index is 14.8. The molecule has 2 aliphatic rings. The number of aromatic nitrogens is 1. The number of nitrogens with zero attached hydrogens (tertiary/aromatic N) is 2. The topological polar surface area (TPSA) is 760 Å².